The van der Waals surface area contributed by atoms with Gasteiger partial charge in [-0.05, 0) is 46.5 Å². The lowest BCUT2D eigenvalue weighted by Gasteiger charge is -2.19. The molecule has 2 amide bonds. The number of carboxylic acid groups (broad SMARTS) is 1. The molecule has 1 aliphatic rings. The smallest absolute Gasteiger partial charge is 0.407 e. The van der Waals surface area contributed by atoms with Crippen LogP contribution >= 0.6 is 11.3 Å². The molecule has 34 heavy (non-hydrogen) atoms. The molecule has 0 radical (unpaired) electrons. The van der Waals surface area contributed by atoms with E-state index in [1.807, 2.05) is 53.9 Å². The Hall–Kier alpha value is -3.65. The third-order valence-electron chi connectivity index (χ3n) is 5.85. The molecule has 1 atom stereocenters. The second-order valence-electron chi connectivity index (χ2n) is 8.08. The average Bonchev–Trinajstić information content (AvgIpc) is 3.46. The average molecular weight is 479 g/mol. The largest absolute Gasteiger partial charge is 0.481 e. The van der Waals surface area contributed by atoms with Crippen molar-refractivity contribution in [3.8, 4) is 11.1 Å². The summed E-state index contributed by atoms with van der Waals surface area (Å²) in [5.74, 6) is -1.56. The first-order valence-electron chi connectivity index (χ1n) is 11.2. The van der Waals surface area contributed by atoms with Gasteiger partial charge in [0.1, 0.15) is 12.6 Å². The summed E-state index contributed by atoms with van der Waals surface area (Å²) in [6.45, 7) is 0.515. The fraction of sp³-hybridized carbons (Fsp3) is 0.269. The fourth-order valence-corrected chi connectivity index (χ4v) is 4.91. The number of carbonyl (C=O) groups excluding carboxylic acids is 2. The first kappa shape index (κ1) is 23.5. The quantitative estimate of drug-likeness (QED) is 0.406. The Labute approximate surface area is 201 Å². The molecule has 0 aliphatic heterocycles. The molecule has 1 aromatic heterocycles. The Balaban J connectivity index is 1.36. The molecule has 1 aliphatic carbocycles. The van der Waals surface area contributed by atoms with Crippen molar-refractivity contribution in [3.05, 3.63) is 82.0 Å². The van der Waals surface area contributed by atoms with Crippen molar-refractivity contribution in [2.75, 3.05) is 13.2 Å². The molecule has 7 nitrogen and oxygen atoms in total. The van der Waals surface area contributed by atoms with Gasteiger partial charge in [-0.2, -0.15) is 0 Å². The zero-order valence-electron chi connectivity index (χ0n) is 18.5. The van der Waals surface area contributed by atoms with Crippen LogP contribution in [0.2, 0.25) is 0 Å². The highest BCUT2D eigenvalue weighted by Gasteiger charge is 2.29. The van der Waals surface area contributed by atoms with Gasteiger partial charge in [0.2, 0.25) is 5.91 Å². The molecule has 0 saturated heterocycles. The maximum atomic E-state index is 12.6. The number of hydrogen-bond donors (Lipinski definition) is 3. The molecule has 1 heterocycles. The molecule has 0 bridgehead atoms. The summed E-state index contributed by atoms with van der Waals surface area (Å²) in [6.07, 6.45) is -0.345. The molecule has 0 spiro atoms. The molecule has 176 valence electrons. The first-order chi connectivity index (χ1) is 16.5. The monoisotopic (exact) mass is 478 g/mol. The maximum absolute atomic E-state index is 12.6. The molecule has 4 rings (SSSR count). The summed E-state index contributed by atoms with van der Waals surface area (Å²) < 4.78 is 5.51. The van der Waals surface area contributed by atoms with Crippen LogP contribution in [0.1, 0.15) is 34.8 Å². The summed E-state index contributed by atoms with van der Waals surface area (Å²) in [4.78, 5) is 37.4. The van der Waals surface area contributed by atoms with Gasteiger partial charge in [-0.15, -0.1) is 11.3 Å². The molecule has 0 fully saturated rings. The molecule has 3 aromatic rings. The van der Waals surface area contributed by atoms with E-state index in [9.17, 15) is 14.4 Å². The van der Waals surface area contributed by atoms with Gasteiger partial charge in [0.05, 0.1) is 0 Å². The van der Waals surface area contributed by atoms with Gasteiger partial charge in [0, 0.05) is 23.8 Å². The Morgan fingerprint density at radius 1 is 0.971 bits per heavy atom. The molecular weight excluding hydrogens is 452 g/mol. The van der Waals surface area contributed by atoms with Crippen molar-refractivity contribution >= 4 is 29.3 Å². The number of hydrogen-bond acceptors (Lipinski definition) is 5. The molecular formula is C26H26N2O5S. The molecule has 0 saturated carbocycles. The number of ether oxygens (including phenoxy) is 1. The van der Waals surface area contributed by atoms with Crippen molar-refractivity contribution < 1.29 is 24.2 Å². The van der Waals surface area contributed by atoms with E-state index in [0.717, 1.165) is 27.1 Å². The second kappa shape index (κ2) is 11.0. The molecule has 8 heteroatoms. The van der Waals surface area contributed by atoms with Gasteiger partial charge in [-0.25, -0.2) is 4.79 Å². The van der Waals surface area contributed by atoms with E-state index in [-0.39, 0.29) is 25.4 Å². The number of amides is 2. The fourth-order valence-electron chi connectivity index (χ4n) is 4.21. The third kappa shape index (κ3) is 5.63. The van der Waals surface area contributed by atoms with Crippen LogP contribution in [-0.2, 0) is 20.7 Å². The lowest BCUT2D eigenvalue weighted by atomic mass is 9.98. The summed E-state index contributed by atoms with van der Waals surface area (Å²) in [5.41, 5.74) is 4.42. The maximum Gasteiger partial charge on any atom is 0.407 e. The van der Waals surface area contributed by atoms with Gasteiger partial charge in [-0.1, -0.05) is 54.6 Å². The number of alkyl carbamates (subject to hydrolysis) is 1. The lowest BCUT2D eigenvalue weighted by Crippen LogP contribution is -2.47. The number of benzene rings is 2. The predicted octanol–water partition coefficient (Wildman–Crippen LogP) is 4.18. The van der Waals surface area contributed by atoms with E-state index in [1.165, 1.54) is 0 Å². The van der Waals surface area contributed by atoms with Crippen LogP contribution in [0.3, 0.4) is 0 Å². The van der Waals surface area contributed by atoms with E-state index in [0.29, 0.717) is 13.0 Å². The van der Waals surface area contributed by atoms with Crippen molar-refractivity contribution in [3.63, 3.8) is 0 Å². The van der Waals surface area contributed by atoms with E-state index < -0.39 is 24.0 Å². The van der Waals surface area contributed by atoms with Gasteiger partial charge >= 0.3 is 12.1 Å². The number of nitrogens with one attached hydrogen (secondary N) is 2. The van der Waals surface area contributed by atoms with E-state index in [1.54, 1.807) is 11.3 Å². The Morgan fingerprint density at radius 2 is 1.65 bits per heavy atom. The molecule has 0 unspecified atom stereocenters. The normalized spacial score (nSPS) is 12.9. The van der Waals surface area contributed by atoms with Gasteiger partial charge < -0.3 is 20.5 Å². The van der Waals surface area contributed by atoms with Gasteiger partial charge in [0.25, 0.3) is 0 Å². The minimum Gasteiger partial charge on any atom is -0.481 e. The number of thiophene rings is 1. The Kier molecular flexibility index (Phi) is 7.59. The lowest BCUT2D eigenvalue weighted by molar-refractivity contribution is -0.137. The third-order valence-corrected chi connectivity index (χ3v) is 6.79. The van der Waals surface area contributed by atoms with E-state index in [4.69, 9.17) is 9.84 Å². The van der Waals surface area contributed by atoms with Crippen molar-refractivity contribution in [2.45, 2.75) is 31.2 Å². The minimum absolute atomic E-state index is 0.0234. The molecule has 2 aromatic carbocycles. The van der Waals surface area contributed by atoms with Crippen LogP contribution in [-0.4, -0.2) is 42.3 Å². The zero-order valence-corrected chi connectivity index (χ0v) is 19.3. The Bertz CT molecular complexity index is 1120. The number of aliphatic carboxylic acids is 1. The predicted molar refractivity (Wildman–Crippen MR) is 130 cm³/mol. The van der Waals surface area contributed by atoms with Crippen molar-refractivity contribution in [1.82, 2.24) is 10.6 Å². The SMILES string of the molecule is O=C(O)CC[C@H](NC(=O)OCC1c2ccccc2-c2ccccc21)C(=O)NCCc1cccs1. The summed E-state index contributed by atoms with van der Waals surface area (Å²) in [7, 11) is 0. The number of fused-ring (bicyclic) bond motifs is 3. The Morgan fingerprint density at radius 3 is 2.26 bits per heavy atom. The number of carboxylic acids is 1. The van der Waals surface area contributed by atoms with Crippen LogP contribution in [0.25, 0.3) is 11.1 Å². The second-order valence-corrected chi connectivity index (χ2v) is 9.11. The highest BCUT2D eigenvalue weighted by Crippen LogP contribution is 2.44. The van der Waals surface area contributed by atoms with Crippen LogP contribution in [0, 0.1) is 0 Å². The minimum atomic E-state index is -1.04. The van der Waals surface area contributed by atoms with Gasteiger partial charge in [0.15, 0.2) is 0 Å². The van der Waals surface area contributed by atoms with E-state index >= 15 is 0 Å². The van der Waals surface area contributed by atoms with Crippen LogP contribution in [0.5, 0.6) is 0 Å². The summed E-state index contributed by atoms with van der Waals surface area (Å²) in [5, 5.41) is 16.3. The van der Waals surface area contributed by atoms with E-state index in [2.05, 4.69) is 22.8 Å². The van der Waals surface area contributed by atoms with Crippen LogP contribution in [0.4, 0.5) is 4.79 Å². The summed E-state index contributed by atoms with van der Waals surface area (Å²) >= 11 is 1.60. The van der Waals surface area contributed by atoms with Crippen molar-refractivity contribution in [2.24, 2.45) is 0 Å². The summed E-state index contributed by atoms with van der Waals surface area (Å²) in [6, 6.07) is 19.0. The number of carbonyl (C=O) groups is 3. The topological polar surface area (TPSA) is 105 Å². The number of rotatable bonds is 10. The van der Waals surface area contributed by atoms with Crippen LogP contribution < -0.4 is 10.6 Å². The highest BCUT2D eigenvalue weighted by atomic mass is 32.1. The standard InChI is InChI=1S/C26H26N2O5S/c29-24(30)12-11-23(25(31)27-14-13-17-6-5-15-34-17)28-26(32)33-16-22-20-9-3-1-7-18(20)19-8-2-4-10-21(19)22/h1-10,15,22-23H,11-14,16H2,(H,27,31)(H,28,32)(H,29,30)/t23-/m0/s1. The van der Waals surface area contributed by atoms with Gasteiger partial charge in [-0.3, -0.25) is 9.59 Å². The van der Waals surface area contributed by atoms with Crippen LogP contribution in [0.15, 0.2) is 66.0 Å². The molecule has 3 N–H and O–H groups in total. The zero-order chi connectivity index (χ0) is 23.9. The first-order valence-corrected chi connectivity index (χ1v) is 12.0. The van der Waals surface area contributed by atoms with Crippen molar-refractivity contribution in [1.29, 1.82) is 0 Å². The highest BCUT2D eigenvalue weighted by molar-refractivity contribution is 7.09.